The largest absolute Gasteiger partial charge is 0.376 e. The summed E-state index contributed by atoms with van der Waals surface area (Å²) < 4.78 is 6.18. The van der Waals surface area contributed by atoms with E-state index in [9.17, 15) is 0 Å². The molecule has 1 fully saturated rings. The summed E-state index contributed by atoms with van der Waals surface area (Å²) >= 11 is 0. The van der Waals surface area contributed by atoms with Gasteiger partial charge in [-0.2, -0.15) is 0 Å². The van der Waals surface area contributed by atoms with E-state index in [4.69, 9.17) is 10.5 Å². The number of ether oxygens (including phenoxy) is 1. The van der Waals surface area contributed by atoms with Crippen LogP contribution in [0.5, 0.6) is 0 Å². The molecule has 106 valence electrons. The highest BCUT2D eigenvalue weighted by Crippen LogP contribution is 2.28. The molecule has 1 aromatic rings. The zero-order valence-electron chi connectivity index (χ0n) is 12.2. The van der Waals surface area contributed by atoms with Crippen molar-refractivity contribution in [3.05, 3.63) is 35.9 Å². The quantitative estimate of drug-likeness (QED) is 0.842. The summed E-state index contributed by atoms with van der Waals surface area (Å²) in [5.74, 6) is 1.20. The van der Waals surface area contributed by atoms with Gasteiger partial charge in [-0.15, -0.1) is 0 Å². The average molecular weight is 261 g/mol. The van der Waals surface area contributed by atoms with E-state index >= 15 is 0 Å². The van der Waals surface area contributed by atoms with Crippen LogP contribution in [-0.4, -0.2) is 12.7 Å². The molecule has 0 aromatic heterocycles. The van der Waals surface area contributed by atoms with Crippen molar-refractivity contribution in [1.29, 1.82) is 0 Å². The highest BCUT2D eigenvalue weighted by atomic mass is 16.5. The minimum absolute atomic E-state index is 0.0254. The summed E-state index contributed by atoms with van der Waals surface area (Å²) in [6.07, 6.45) is 5.50. The fraction of sp³-hybridized carbons (Fsp3) is 0.647. The van der Waals surface area contributed by atoms with Crippen LogP contribution in [0.1, 0.15) is 51.1 Å². The van der Waals surface area contributed by atoms with E-state index in [0.29, 0.717) is 5.92 Å². The molecule has 1 saturated carbocycles. The van der Waals surface area contributed by atoms with Gasteiger partial charge < -0.3 is 10.5 Å². The van der Waals surface area contributed by atoms with Crippen LogP contribution in [-0.2, 0) is 4.74 Å². The molecule has 0 bridgehead atoms. The van der Waals surface area contributed by atoms with Crippen molar-refractivity contribution in [3.63, 3.8) is 0 Å². The highest BCUT2D eigenvalue weighted by molar-refractivity contribution is 5.19. The van der Waals surface area contributed by atoms with Gasteiger partial charge in [0, 0.05) is 6.61 Å². The third-order valence-corrected chi connectivity index (χ3v) is 4.19. The van der Waals surface area contributed by atoms with Crippen molar-refractivity contribution in [2.24, 2.45) is 17.6 Å². The lowest BCUT2D eigenvalue weighted by Gasteiger charge is -2.29. The molecule has 2 rings (SSSR count). The second-order valence-corrected chi connectivity index (χ2v) is 6.13. The molecule has 1 aliphatic carbocycles. The standard InChI is InChI=1S/C17H27NO/c1-13(2)17(19-12-14-8-6-7-9-14)16(18)15-10-4-3-5-11-15/h3-5,10-11,13-14,16-17H,6-9,12,18H2,1-2H3. The molecule has 0 saturated heterocycles. The van der Waals surface area contributed by atoms with E-state index in [-0.39, 0.29) is 12.1 Å². The van der Waals surface area contributed by atoms with Gasteiger partial charge in [0.25, 0.3) is 0 Å². The fourth-order valence-electron chi connectivity index (χ4n) is 3.00. The zero-order chi connectivity index (χ0) is 13.7. The molecular formula is C17H27NO. The van der Waals surface area contributed by atoms with Crippen LogP contribution < -0.4 is 5.73 Å². The summed E-state index contributed by atoms with van der Waals surface area (Å²) in [5, 5.41) is 0. The number of benzene rings is 1. The third kappa shape index (κ3) is 4.05. The predicted molar refractivity (Wildman–Crippen MR) is 79.9 cm³/mol. The molecule has 0 aliphatic heterocycles. The Hall–Kier alpha value is -0.860. The molecule has 2 nitrogen and oxygen atoms in total. The Kier molecular flexibility index (Phi) is 5.41. The number of rotatable bonds is 6. The van der Waals surface area contributed by atoms with E-state index in [1.807, 2.05) is 18.2 Å². The van der Waals surface area contributed by atoms with Gasteiger partial charge in [-0.25, -0.2) is 0 Å². The summed E-state index contributed by atoms with van der Waals surface area (Å²) in [5.41, 5.74) is 7.57. The number of nitrogens with two attached hydrogens (primary N) is 1. The molecule has 19 heavy (non-hydrogen) atoms. The number of hydrogen-bond acceptors (Lipinski definition) is 2. The third-order valence-electron chi connectivity index (χ3n) is 4.19. The summed E-state index contributed by atoms with van der Waals surface area (Å²) in [7, 11) is 0. The fourth-order valence-corrected chi connectivity index (χ4v) is 3.00. The van der Waals surface area contributed by atoms with E-state index in [1.54, 1.807) is 0 Å². The summed E-state index contributed by atoms with van der Waals surface area (Å²) in [4.78, 5) is 0. The van der Waals surface area contributed by atoms with Crippen LogP contribution in [0.3, 0.4) is 0 Å². The number of hydrogen-bond donors (Lipinski definition) is 1. The highest BCUT2D eigenvalue weighted by Gasteiger charge is 2.25. The molecular weight excluding hydrogens is 234 g/mol. The van der Waals surface area contributed by atoms with Gasteiger partial charge in [-0.1, -0.05) is 57.0 Å². The maximum atomic E-state index is 6.40. The Morgan fingerprint density at radius 1 is 1.16 bits per heavy atom. The normalized spacial score (nSPS) is 19.8. The minimum atomic E-state index is -0.0254. The second kappa shape index (κ2) is 7.06. The topological polar surface area (TPSA) is 35.2 Å². The molecule has 2 N–H and O–H groups in total. The lowest BCUT2D eigenvalue weighted by atomic mass is 9.94. The Labute approximate surface area is 117 Å². The van der Waals surface area contributed by atoms with Gasteiger partial charge in [0.05, 0.1) is 12.1 Å². The van der Waals surface area contributed by atoms with E-state index in [0.717, 1.165) is 12.5 Å². The van der Waals surface area contributed by atoms with Gasteiger partial charge in [0.15, 0.2) is 0 Å². The Bertz CT molecular complexity index is 357. The SMILES string of the molecule is CC(C)C(OCC1CCCC1)C(N)c1ccccc1. The monoisotopic (exact) mass is 261 g/mol. The Morgan fingerprint density at radius 2 is 1.79 bits per heavy atom. The van der Waals surface area contributed by atoms with E-state index in [2.05, 4.69) is 26.0 Å². The molecule has 2 unspecified atom stereocenters. The van der Waals surface area contributed by atoms with Crippen molar-refractivity contribution in [2.75, 3.05) is 6.61 Å². The summed E-state index contributed by atoms with van der Waals surface area (Å²) in [6, 6.07) is 10.3. The van der Waals surface area contributed by atoms with Crippen LogP contribution in [0.2, 0.25) is 0 Å². The predicted octanol–water partition coefficient (Wildman–Crippen LogP) is 3.92. The lowest BCUT2D eigenvalue weighted by molar-refractivity contribution is -0.0127. The van der Waals surface area contributed by atoms with Crippen molar-refractivity contribution in [2.45, 2.75) is 51.7 Å². The van der Waals surface area contributed by atoms with Crippen molar-refractivity contribution >= 4 is 0 Å². The lowest BCUT2D eigenvalue weighted by Crippen LogP contribution is -2.34. The molecule has 0 spiro atoms. The first-order valence-corrected chi connectivity index (χ1v) is 7.60. The molecule has 1 aliphatic rings. The second-order valence-electron chi connectivity index (χ2n) is 6.13. The van der Waals surface area contributed by atoms with Crippen LogP contribution in [0, 0.1) is 11.8 Å². The van der Waals surface area contributed by atoms with Crippen LogP contribution in [0.25, 0.3) is 0 Å². The molecule has 1 aromatic carbocycles. The van der Waals surface area contributed by atoms with E-state index in [1.165, 1.54) is 31.2 Å². The van der Waals surface area contributed by atoms with Crippen LogP contribution >= 0.6 is 0 Å². The Balaban J connectivity index is 1.94. The van der Waals surface area contributed by atoms with Gasteiger partial charge in [0.1, 0.15) is 0 Å². The molecule has 0 heterocycles. The van der Waals surface area contributed by atoms with Crippen LogP contribution in [0.15, 0.2) is 30.3 Å². The smallest absolute Gasteiger partial charge is 0.0790 e. The van der Waals surface area contributed by atoms with Gasteiger partial charge >= 0.3 is 0 Å². The average Bonchev–Trinajstić information content (AvgIpc) is 2.92. The first-order valence-electron chi connectivity index (χ1n) is 7.60. The zero-order valence-corrected chi connectivity index (χ0v) is 12.2. The molecule has 2 heteroatoms. The van der Waals surface area contributed by atoms with Crippen molar-refractivity contribution < 1.29 is 4.74 Å². The van der Waals surface area contributed by atoms with Gasteiger partial charge in [0.2, 0.25) is 0 Å². The van der Waals surface area contributed by atoms with Crippen molar-refractivity contribution in [1.82, 2.24) is 0 Å². The first kappa shape index (κ1) is 14.5. The maximum absolute atomic E-state index is 6.40. The van der Waals surface area contributed by atoms with Crippen LogP contribution in [0.4, 0.5) is 0 Å². The molecule has 0 radical (unpaired) electrons. The van der Waals surface area contributed by atoms with Crippen molar-refractivity contribution in [3.8, 4) is 0 Å². The minimum Gasteiger partial charge on any atom is -0.376 e. The van der Waals surface area contributed by atoms with Gasteiger partial charge in [-0.05, 0) is 30.2 Å². The van der Waals surface area contributed by atoms with E-state index < -0.39 is 0 Å². The first-order chi connectivity index (χ1) is 9.18. The van der Waals surface area contributed by atoms with Gasteiger partial charge in [-0.3, -0.25) is 0 Å². The molecule has 2 atom stereocenters. The maximum Gasteiger partial charge on any atom is 0.0790 e. The Morgan fingerprint density at radius 3 is 2.37 bits per heavy atom. The molecule has 0 amide bonds. The summed E-state index contributed by atoms with van der Waals surface area (Å²) in [6.45, 7) is 5.27.